The number of rotatable bonds is 7. The lowest BCUT2D eigenvalue weighted by Gasteiger charge is -2.12. The minimum absolute atomic E-state index is 0.139. The lowest BCUT2D eigenvalue weighted by atomic mass is 10.0. The Morgan fingerprint density at radius 1 is 0.914 bits per heavy atom. The Hall–Kier alpha value is -4.83. The molecule has 0 bridgehead atoms. The van der Waals surface area contributed by atoms with Crippen molar-refractivity contribution in [3.63, 3.8) is 0 Å². The molecule has 0 saturated heterocycles. The van der Waals surface area contributed by atoms with Crippen molar-refractivity contribution < 1.29 is 4.79 Å². The maximum Gasteiger partial charge on any atom is 0.251 e. The summed E-state index contributed by atoms with van der Waals surface area (Å²) in [5.41, 5.74) is 5.74. The molecule has 0 saturated carbocycles. The third-order valence-corrected chi connectivity index (χ3v) is 5.68. The molecule has 7 heteroatoms. The monoisotopic (exact) mass is 458 g/mol. The molecule has 0 fully saturated rings. The quantitative estimate of drug-likeness (QED) is 0.257. The van der Waals surface area contributed by atoms with E-state index < -0.39 is 0 Å². The van der Waals surface area contributed by atoms with Crippen LogP contribution in [0.15, 0.2) is 91.5 Å². The van der Waals surface area contributed by atoms with Crippen LogP contribution in [0, 0.1) is 6.57 Å². The van der Waals surface area contributed by atoms with Crippen LogP contribution >= 0.6 is 0 Å². The SMILES string of the molecule is [C-]#[N+]c1ccc(-c2nc3ccc(C(=O)NCCCn4ccnc4)cc3nc2-c2ccccc2)cc1. The molecule has 0 aliphatic rings. The number of nitrogens with one attached hydrogen (secondary N) is 1. The van der Waals surface area contributed by atoms with Crippen LogP contribution in [0.25, 0.3) is 38.4 Å². The highest BCUT2D eigenvalue weighted by Gasteiger charge is 2.15. The van der Waals surface area contributed by atoms with Crippen molar-refractivity contribution in [2.45, 2.75) is 13.0 Å². The summed E-state index contributed by atoms with van der Waals surface area (Å²) < 4.78 is 1.98. The first-order valence-electron chi connectivity index (χ1n) is 11.3. The number of imidazole rings is 1. The summed E-state index contributed by atoms with van der Waals surface area (Å²) >= 11 is 0. The highest BCUT2D eigenvalue weighted by molar-refractivity contribution is 5.98. The Morgan fingerprint density at radius 2 is 1.66 bits per heavy atom. The minimum Gasteiger partial charge on any atom is -0.352 e. The molecule has 7 nitrogen and oxygen atoms in total. The maximum atomic E-state index is 12.8. The van der Waals surface area contributed by atoms with Crippen molar-refractivity contribution in [3.05, 3.63) is 108 Å². The zero-order chi connectivity index (χ0) is 24.0. The number of carbonyl (C=O) groups excluding carboxylic acids is 1. The molecule has 0 aliphatic carbocycles. The molecular formula is C28H22N6O. The third kappa shape index (κ3) is 4.92. The van der Waals surface area contributed by atoms with Gasteiger partial charge in [0, 0.05) is 36.6 Å². The van der Waals surface area contributed by atoms with E-state index in [0.29, 0.717) is 28.8 Å². The van der Waals surface area contributed by atoms with Crippen LogP contribution in [0.5, 0.6) is 0 Å². The molecule has 0 unspecified atom stereocenters. The van der Waals surface area contributed by atoms with Gasteiger partial charge in [0.2, 0.25) is 0 Å². The van der Waals surface area contributed by atoms with Crippen molar-refractivity contribution in [1.82, 2.24) is 24.8 Å². The van der Waals surface area contributed by atoms with E-state index in [0.717, 1.165) is 35.5 Å². The van der Waals surface area contributed by atoms with Gasteiger partial charge in [0.05, 0.1) is 35.3 Å². The van der Waals surface area contributed by atoms with Gasteiger partial charge in [0.25, 0.3) is 5.91 Å². The van der Waals surface area contributed by atoms with Crippen molar-refractivity contribution in [2.75, 3.05) is 6.54 Å². The largest absolute Gasteiger partial charge is 0.352 e. The van der Waals surface area contributed by atoms with Gasteiger partial charge in [0.15, 0.2) is 5.69 Å². The molecule has 35 heavy (non-hydrogen) atoms. The van der Waals surface area contributed by atoms with Crippen molar-refractivity contribution >= 4 is 22.6 Å². The van der Waals surface area contributed by atoms with E-state index in [1.807, 2.05) is 59.3 Å². The fraction of sp³-hybridized carbons (Fsp3) is 0.107. The van der Waals surface area contributed by atoms with Gasteiger partial charge in [-0.05, 0) is 30.2 Å². The molecule has 2 heterocycles. The van der Waals surface area contributed by atoms with Crippen LogP contribution in [0.1, 0.15) is 16.8 Å². The Bertz CT molecular complexity index is 1500. The first kappa shape index (κ1) is 22.0. The van der Waals surface area contributed by atoms with Crippen LogP contribution < -0.4 is 5.32 Å². The van der Waals surface area contributed by atoms with Crippen molar-refractivity contribution in [3.8, 4) is 22.5 Å². The summed E-state index contributed by atoms with van der Waals surface area (Å²) in [5, 5.41) is 2.98. The lowest BCUT2D eigenvalue weighted by molar-refractivity contribution is 0.0953. The van der Waals surface area contributed by atoms with Crippen LogP contribution in [0.2, 0.25) is 0 Å². The average Bonchev–Trinajstić information content (AvgIpc) is 3.44. The molecule has 2 aromatic heterocycles. The van der Waals surface area contributed by atoms with Crippen LogP contribution in [-0.2, 0) is 6.54 Å². The van der Waals surface area contributed by atoms with Gasteiger partial charge < -0.3 is 9.88 Å². The second kappa shape index (κ2) is 9.98. The fourth-order valence-electron chi connectivity index (χ4n) is 3.87. The smallest absolute Gasteiger partial charge is 0.251 e. The van der Waals surface area contributed by atoms with Crippen molar-refractivity contribution in [2.24, 2.45) is 0 Å². The standard InChI is InChI=1S/C28H22N6O/c1-29-23-11-8-21(9-12-23)27-26(20-6-3-2-4-7-20)33-25-18-22(10-13-24(25)32-27)28(35)31-14-5-16-34-17-15-30-19-34/h2-4,6-13,15,17-19H,5,14,16H2,(H,31,35). The normalized spacial score (nSPS) is 10.7. The fourth-order valence-corrected chi connectivity index (χ4v) is 3.87. The van der Waals surface area contributed by atoms with Gasteiger partial charge in [-0.3, -0.25) is 4.79 Å². The number of aryl methyl sites for hydroxylation is 1. The number of amides is 1. The first-order valence-corrected chi connectivity index (χ1v) is 11.3. The minimum atomic E-state index is -0.139. The number of fused-ring (bicyclic) bond motifs is 1. The van der Waals surface area contributed by atoms with E-state index in [4.69, 9.17) is 16.5 Å². The summed E-state index contributed by atoms with van der Waals surface area (Å²) in [7, 11) is 0. The van der Waals surface area contributed by atoms with Gasteiger partial charge in [-0.1, -0.05) is 54.6 Å². The molecular weight excluding hydrogens is 436 g/mol. The summed E-state index contributed by atoms with van der Waals surface area (Å²) in [4.78, 5) is 30.1. The molecule has 1 N–H and O–H groups in total. The summed E-state index contributed by atoms with van der Waals surface area (Å²) in [6.07, 6.45) is 6.22. The van der Waals surface area contributed by atoms with Gasteiger partial charge in [-0.2, -0.15) is 0 Å². The number of hydrogen-bond donors (Lipinski definition) is 1. The molecule has 5 rings (SSSR count). The van der Waals surface area contributed by atoms with Crippen LogP contribution in [-0.4, -0.2) is 32.0 Å². The number of carbonyl (C=O) groups is 1. The van der Waals surface area contributed by atoms with Gasteiger partial charge in [-0.25, -0.2) is 19.8 Å². The lowest BCUT2D eigenvalue weighted by Crippen LogP contribution is -2.25. The van der Waals surface area contributed by atoms with Gasteiger partial charge >= 0.3 is 0 Å². The van der Waals surface area contributed by atoms with E-state index in [9.17, 15) is 4.79 Å². The zero-order valence-corrected chi connectivity index (χ0v) is 18.9. The van der Waals surface area contributed by atoms with Crippen molar-refractivity contribution in [1.29, 1.82) is 0 Å². The maximum absolute atomic E-state index is 12.8. The predicted octanol–water partition coefficient (Wildman–Crippen LogP) is 5.53. The number of benzene rings is 3. The molecule has 1 amide bonds. The van der Waals surface area contributed by atoms with Gasteiger partial charge in [-0.15, -0.1) is 0 Å². The number of nitrogens with zero attached hydrogens (tertiary/aromatic N) is 5. The van der Waals surface area contributed by atoms with Crippen LogP contribution in [0.4, 0.5) is 5.69 Å². The molecule has 0 radical (unpaired) electrons. The average molecular weight is 459 g/mol. The summed E-state index contributed by atoms with van der Waals surface area (Å²) in [5.74, 6) is -0.139. The van der Waals surface area contributed by atoms with E-state index in [1.54, 1.807) is 36.8 Å². The highest BCUT2D eigenvalue weighted by atomic mass is 16.1. The summed E-state index contributed by atoms with van der Waals surface area (Å²) in [6.45, 7) is 8.57. The zero-order valence-electron chi connectivity index (χ0n) is 18.9. The molecule has 0 atom stereocenters. The predicted molar refractivity (Wildman–Crippen MR) is 136 cm³/mol. The second-order valence-electron chi connectivity index (χ2n) is 8.06. The molecule has 5 aromatic rings. The Labute approximate surface area is 203 Å². The number of aromatic nitrogens is 4. The Balaban J connectivity index is 1.45. The van der Waals surface area contributed by atoms with E-state index in [2.05, 4.69) is 15.1 Å². The molecule has 170 valence electrons. The topological polar surface area (TPSA) is 77.1 Å². The molecule has 3 aromatic carbocycles. The highest BCUT2D eigenvalue weighted by Crippen LogP contribution is 2.32. The first-order chi connectivity index (χ1) is 17.2. The molecule has 0 aliphatic heterocycles. The van der Waals surface area contributed by atoms with E-state index >= 15 is 0 Å². The third-order valence-electron chi connectivity index (χ3n) is 5.68. The van der Waals surface area contributed by atoms with Gasteiger partial charge in [0.1, 0.15) is 0 Å². The van der Waals surface area contributed by atoms with E-state index in [-0.39, 0.29) is 5.91 Å². The molecule has 0 spiro atoms. The summed E-state index contributed by atoms with van der Waals surface area (Å²) in [6, 6.07) is 22.6. The second-order valence-corrected chi connectivity index (χ2v) is 8.06. The Kier molecular flexibility index (Phi) is 6.27. The van der Waals surface area contributed by atoms with Crippen LogP contribution in [0.3, 0.4) is 0 Å². The number of hydrogen-bond acceptors (Lipinski definition) is 4. The van der Waals surface area contributed by atoms with E-state index in [1.165, 1.54) is 0 Å². The Morgan fingerprint density at radius 3 is 2.37 bits per heavy atom.